The summed E-state index contributed by atoms with van der Waals surface area (Å²) in [5.74, 6) is 0.848. The number of benzene rings is 1. The number of hydrogen-bond donors (Lipinski definition) is 0. The molecule has 0 radical (unpaired) electrons. The van der Waals surface area contributed by atoms with Crippen LogP contribution < -0.4 is 4.74 Å². The van der Waals surface area contributed by atoms with Crippen molar-refractivity contribution in [1.82, 2.24) is 0 Å². The molecule has 0 fully saturated rings. The van der Waals surface area contributed by atoms with Gasteiger partial charge in [0, 0.05) is 13.8 Å². The van der Waals surface area contributed by atoms with Crippen LogP contribution in [0.3, 0.4) is 0 Å². The molecule has 1 rings (SSSR count). The molecule has 0 unspecified atom stereocenters. The zero-order valence-electron chi connectivity index (χ0n) is 11.9. The van der Waals surface area contributed by atoms with E-state index in [0.717, 1.165) is 17.7 Å². The van der Waals surface area contributed by atoms with Crippen LogP contribution in [-0.2, 0) is 4.74 Å². The van der Waals surface area contributed by atoms with E-state index in [0.29, 0.717) is 12.5 Å². The van der Waals surface area contributed by atoms with Crippen LogP contribution >= 0.6 is 0 Å². The molecule has 0 heterocycles. The highest BCUT2D eigenvalue weighted by Gasteiger charge is 2.20. The van der Waals surface area contributed by atoms with Crippen molar-refractivity contribution >= 4 is 6.08 Å². The van der Waals surface area contributed by atoms with Gasteiger partial charge in [-0.15, -0.1) is 0 Å². The summed E-state index contributed by atoms with van der Waals surface area (Å²) in [7, 11) is 0. The first-order valence-corrected chi connectivity index (χ1v) is 6.48. The molecular formula is C16H24O2. The lowest BCUT2D eigenvalue weighted by Crippen LogP contribution is -2.32. The van der Waals surface area contributed by atoms with Gasteiger partial charge >= 0.3 is 0 Å². The quantitative estimate of drug-likeness (QED) is 0.661. The third kappa shape index (κ3) is 5.37. The molecule has 0 aliphatic rings. The van der Waals surface area contributed by atoms with Crippen LogP contribution in [0, 0.1) is 5.92 Å². The molecule has 1 aromatic carbocycles. The van der Waals surface area contributed by atoms with Gasteiger partial charge in [-0.3, -0.25) is 0 Å². The Kier molecular flexibility index (Phi) is 5.42. The minimum atomic E-state index is -0.602. The van der Waals surface area contributed by atoms with Crippen LogP contribution in [0.2, 0.25) is 0 Å². The number of rotatable bonds is 7. The predicted molar refractivity (Wildman–Crippen MR) is 76.6 cm³/mol. The van der Waals surface area contributed by atoms with Gasteiger partial charge in [0.15, 0.2) is 0 Å². The maximum atomic E-state index is 5.86. The molecule has 2 heteroatoms. The fraction of sp³-hybridized carbons (Fsp3) is 0.500. The molecule has 0 saturated heterocycles. The van der Waals surface area contributed by atoms with Gasteiger partial charge < -0.3 is 9.47 Å². The van der Waals surface area contributed by atoms with Crippen LogP contribution in [0.4, 0.5) is 0 Å². The van der Waals surface area contributed by atoms with Crippen LogP contribution in [0.5, 0.6) is 5.75 Å². The molecule has 0 atom stereocenters. The summed E-state index contributed by atoms with van der Waals surface area (Å²) in [5, 5.41) is 0. The third-order valence-electron chi connectivity index (χ3n) is 2.60. The van der Waals surface area contributed by atoms with Gasteiger partial charge in [0.25, 0.3) is 0 Å². The van der Waals surface area contributed by atoms with E-state index in [9.17, 15) is 0 Å². The Morgan fingerprint density at radius 2 is 2.06 bits per heavy atom. The molecule has 0 aromatic heterocycles. The summed E-state index contributed by atoms with van der Waals surface area (Å²) in [6.45, 7) is 12.7. The van der Waals surface area contributed by atoms with Crippen molar-refractivity contribution < 1.29 is 9.47 Å². The van der Waals surface area contributed by atoms with E-state index in [1.54, 1.807) is 6.08 Å². The first kappa shape index (κ1) is 14.8. The van der Waals surface area contributed by atoms with Gasteiger partial charge in [-0.2, -0.15) is 0 Å². The normalized spacial score (nSPS) is 11.6. The van der Waals surface area contributed by atoms with E-state index in [1.807, 2.05) is 38.1 Å². The third-order valence-corrected chi connectivity index (χ3v) is 2.60. The molecule has 0 saturated carbocycles. The maximum Gasteiger partial charge on any atom is 0.204 e. The van der Waals surface area contributed by atoms with Crippen molar-refractivity contribution in [3.63, 3.8) is 0 Å². The molecule has 0 aliphatic heterocycles. The predicted octanol–water partition coefficient (Wildman–Crippen LogP) is 4.51. The Morgan fingerprint density at radius 3 is 2.67 bits per heavy atom. The van der Waals surface area contributed by atoms with Crippen molar-refractivity contribution in [2.75, 3.05) is 6.61 Å². The number of hydrogen-bond acceptors (Lipinski definition) is 2. The van der Waals surface area contributed by atoms with Crippen LogP contribution in [0.15, 0.2) is 30.8 Å². The standard InChI is InChI=1S/C16H24O2/c1-6-14-8-7-9-15(12-14)18-16(4,5)17-11-10-13(2)3/h6-9,12-13H,1,10-11H2,2-5H3. The van der Waals surface area contributed by atoms with Crippen molar-refractivity contribution in [3.05, 3.63) is 36.4 Å². The summed E-state index contributed by atoms with van der Waals surface area (Å²) in [4.78, 5) is 0. The largest absolute Gasteiger partial charge is 0.463 e. The average molecular weight is 248 g/mol. The van der Waals surface area contributed by atoms with Gasteiger partial charge in [0.05, 0.1) is 6.61 Å². The van der Waals surface area contributed by atoms with Gasteiger partial charge in [-0.25, -0.2) is 0 Å². The van der Waals surface area contributed by atoms with Crippen LogP contribution in [-0.4, -0.2) is 12.4 Å². The van der Waals surface area contributed by atoms with E-state index >= 15 is 0 Å². The molecular weight excluding hydrogens is 224 g/mol. The van der Waals surface area contributed by atoms with Crippen molar-refractivity contribution in [3.8, 4) is 5.75 Å². The lowest BCUT2D eigenvalue weighted by molar-refractivity contribution is -0.158. The van der Waals surface area contributed by atoms with E-state index in [-0.39, 0.29) is 0 Å². The molecule has 0 N–H and O–H groups in total. The zero-order chi connectivity index (χ0) is 13.6. The minimum Gasteiger partial charge on any atom is -0.463 e. The molecule has 0 bridgehead atoms. The van der Waals surface area contributed by atoms with Gasteiger partial charge in [-0.1, -0.05) is 38.6 Å². The van der Waals surface area contributed by atoms with Gasteiger partial charge in [-0.05, 0) is 30.0 Å². The van der Waals surface area contributed by atoms with E-state index in [4.69, 9.17) is 9.47 Å². The van der Waals surface area contributed by atoms with Crippen molar-refractivity contribution in [2.24, 2.45) is 5.92 Å². The Labute approximate surface area is 111 Å². The summed E-state index contributed by atoms with van der Waals surface area (Å²) in [6, 6.07) is 7.84. The molecule has 18 heavy (non-hydrogen) atoms. The Hall–Kier alpha value is -1.28. The second-order valence-electron chi connectivity index (χ2n) is 5.31. The SMILES string of the molecule is C=Cc1cccc(OC(C)(C)OCCC(C)C)c1. The first-order valence-electron chi connectivity index (χ1n) is 6.48. The van der Waals surface area contributed by atoms with Gasteiger partial charge in [0.1, 0.15) is 5.75 Å². The van der Waals surface area contributed by atoms with Gasteiger partial charge in [0.2, 0.25) is 5.79 Å². The van der Waals surface area contributed by atoms with Crippen LogP contribution in [0.1, 0.15) is 39.7 Å². The van der Waals surface area contributed by atoms with E-state index in [2.05, 4.69) is 20.4 Å². The Morgan fingerprint density at radius 1 is 1.33 bits per heavy atom. The highest BCUT2D eigenvalue weighted by molar-refractivity contribution is 5.49. The molecule has 100 valence electrons. The fourth-order valence-corrected chi connectivity index (χ4v) is 1.56. The maximum absolute atomic E-state index is 5.86. The summed E-state index contributed by atoms with van der Waals surface area (Å²) >= 11 is 0. The Bertz CT molecular complexity index is 380. The molecule has 2 nitrogen and oxygen atoms in total. The highest BCUT2D eigenvalue weighted by atomic mass is 16.7. The van der Waals surface area contributed by atoms with Crippen molar-refractivity contribution in [2.45, 2.75) is 39.9 Å². The van der Waals surface area contributed by atoms with Crippen LogP contribution in [0.25, 0.3) is 6.08 Å². The summed E-state index contributed by atoms with van der Waals surface area (Å²) < 4.78 is 11.6. The molecule has 0 aliphatic carbocycles. The molecule has 1 aromatic rings. The Balaban J connectivity index is 2.55. The van der Waals surface area contributed by atoms with Crippen molar-refractivity contribution in [1.29, 1.82) is 0 Å². The topological polar surface area (TPSA) is 18.5 Å². The van der Waals surface area contributed by atoms with E-state index < -0.39 is 5.79 Å². The average Bonchev–Trinajstić information content (AvgIpc) is 2.27. The number of ether oxygens (including phenoxy) is 2. The first-order chi connectivity index (χ1) is 8.43. The lowest BCUT2D eigenvalue weighted by atomic mass is 10.1. The molecule has 0 amide bonds. The van der Waals surface area contributed by atoms with E-state index in [1.165, 1.54) is 0 Å². The fourth-order valence-electron chi connectivity index (χ4n) is 1.56. The smallest absolute Gasteiger partial charge is 0.204 e. The second-order valence-corrected chi connectivity index (χ2v) is 5.31. The second kappa shape index (κ2) is 6.60. The molecule has 0 spiro atoms. The summed E-state index contributed by atoms with van der Waals surface area (Å²) in [6.07, 6.45) is 2.85. The minimum absolute atomic E-state index is 0.602. The highest BCUT2D eigenvalue weighted by Crippen LogP contribution is 2.21. The lowest BCUT2D eigenvalue weighted by Gasteiger charge is -2.27. The monoisotopic (exact) mass is 248 g/mol. The zero-order valence-corrected chi connectivity index (χ0v) is 11.9. The summed E-state index contributed by atoms with van der Waals surface area (Å²) in [5.41, 5.74) is 1.05.